The van der Waals surface area contributed by atoms with Crippen LogP contribution in [0.5, 0.6) is 0 Å². The monoisotopic (exact) mass is 403 g/mol. The molecule has 1 aliphatic carbocycles. The number of allylic oxidation sites excluding steroid dienone is 4. The van der Waals surface area contributed by atoms with E-state index in [2.05, 4.69) is 0 Å². The van der Waals surface area contributed by atoms with E-state index < -0.39 is 59.2 Å². The van der Waals surface area contributed by atoms with Crippen LogP contribution in [0.2, 0.25) is 0 Å². The van der Waals surface area contributed by atoms with Crippen molar-refractivity contribution in [2.75, 3.05) is 6.61 Å². The maximum Gasteiger partial charge on any atom is 0.280 e. The first-order chi connectivity index (χ1) is 13.5. The lowest BCUT2D eigenvalue weighted by molar-refractivity contribution is -0.150. The fourth-order valence-corrected chi connectivity index (χ4v) is 2.39. The van der Waals surface area contributed by atoms with E-state index in [1.54, 1.807) is 6.08 Å². The van der Waals surface area contributed by atoms with E-state index in [0.717, 1.165) is 0 Å². The van der Waals surface area contributed by atoms with Crippen LogP contribution in [0.15, 0.2) is 23.3 Å². The highest BCUT2D eigenvalue weighted by Gasteiger charge is 2.36. The lowest BCUT2D eigenvalue weighted by Gasteiger charge is -2.11. The topological polar surface area (TPSA) is 181 Å². The molecule has 0 bridgehead atoms. The number of ketones is 8. The highest BCUT2D eigenvalue weighted by Crippen LogP contribution is 2.21. The quantitative estimate of drug-likeness (QED) is 0.234. The molecule has 0 amide bonds. The fraction of sp³-hybridized carbons (Fsp3) is 0.316. The van der Waals surface area contributed by atoms with Crippen molar-refractivity contribution in [1.82, 2.24) is 0 Å². The Bertz CT molecular complexity index is 918. The van der Waals surface area contributed by atoms with Gasteiger partial charge < -0.3 is 5.11 Å². The Balaban J connectivity index is 2.84. The molecule has 0 spiro atoms. The summed E-state index contributed by atoms with van der Waals surface area (Å²) in [6, 6.07) is 0. The summed E-state index contributed by atoms with van der Waals surface area (Å²) in [6.07, 6.45) is 2.09. The first kappa shape index (κ1) is 23.5. The second-order valence-corrected chi connectivity index (χ2v) is 6.16. The highest BCUT2D eigenvalue weighted by atomic mass is 16.3. The summed E-state index contributed by atoms with van der Waals surface area (Å²) in [4.78, 5) is 93.2. The maximum atomic E-state index is 12.2. The van der Waals surface area contributed by atoms with Gasteiger partial charge in [0.15, 0.2) is 5.78 Å². The lowest BCUT2D eigenvalue weighted by atomic mass is 9.90. The summed E-state index contributed by atoms with van der Waals surface area (Å²) < 4.78 is 0. The van der Waals surface area contributed by atoms with Gasteiger partial charge in [0.1, 0.15) is 18.1 Å². The minimum Gasteiger partial charge on any atom is -0.388 e. The number of rotatable bonds is 12. The molecule has 0 unspecified atom stereocenters. The molecule has 1 aliphatic rings. The van der Waals surface area contributed by atoms with Crippen LogP contribution in [0.4, 0.5) is 0 Å². The van der Waals surface area contributed by atoms with Gasteiger partial charge in [-0.3, -0.25) is 43.8 Å². The van der Waals surface area contributed by atoms with Crippen LogP contribution in [0.25, 0.3) is 0 Å². The van der Waals surface area contributed by atoms with Gasteiger partial charge in [-0.15, -0.1) is 0 Å². The van der Waals surface area contributed by atoms with Gasteiger partial charge in [-0.05, 0) is 25.3 Å². The number of Topliss-reactive ketones (excluding diaryl/α,β-unsaturated/α-hetero) is 8. The van der Waals surface area contributed by atoms with Gasteiger partial charge in [0.05, 0.1) is 6.42 Å². The van der Waals surface area contributed by atoms with Gasteiger partial charge in [0.2, 0.25) is 17.3 Å². The summed E-state index contributed by atoms with van der Waals surface area (Å²) >= 11 is 0. The van der Waals surface area contributed by atoms with Crippen LogP contribution in [0.3, 0.4) is 0 Å². The molecule has 10 nitrogen and oxygen atoms in total. The normalized spacial score (nSPS) is 12.9. The van der Waals surface area contributed by atoms with Crippen LogP contribution in [-0.2, 0) is 38.4 Å². The summed E-state index contributed by atoms with van der Waals surface area (Å²) in [5, 5.41) is 15.7. The molecular formula is C19H17NO9. The largest absolute Gasteiger partial charge is 0.388 e. The third-order valence-corrected chi connectivity index (χ3v) is 3.82. The molecule has 2 N–H and O–H groups in total. The summed E-state index contributed by atoms with van der Waals surface area (Å²) in [6.45, 7) is 0.173. The third-order valence-electron chi connectivity index (χ3n) is 3.82. The van der Waals surface area contributed by atoms with Gasteiger partial charge in [-0.2, -0.15) is 0 Å². The zero-order valence-electron chi connectivity index (χ0n) is 15.4. The number of carbonyl (C=O) groups is 8. The number of aliphatic hydroxyl groups excluding tert-OH is 1. The first-order valence-corrected chi connectivity index (χ1v) is 8.34. The van der Waals surface area contributed by atoms with E-state index in [9.17, 15) is 38.4 Å². The van der Waals surface area contributed by atoms with Crippen molar-refractivity contribution in [1.29, 1.82) is 5.41 Å². The van der Waals surface area contributed by atoms with E-state index in [1.165, 1.54) is 13.0 Å². The molecule has 0 atom stereocenters. The molecule has 0 fully saturated rings. The standard InChI is InChI=1S/C19H17NO9/c1-9(22)5-10-3-2-4-11(6-10)16(26)18(28)19(29)17(27)13(24)7-12(23)15(20)14(25)8-21/h3,6,20-21H,2,4-5,7-8H2,1H3. The average molecular weight is 403 g/mol. The molecule has 0 aromatic rings. The van der Waals surface area contributed by atoms with E-state index in [4.69, 9.17) is 10.5 Å². The predicted octanol–water partition coefficient (Wildman–Crippen LogP) is -1.00. The molecular weight excluding hydrogens is 386 g/mol. The second-order valence-electron chi connectivity index (χ2n) is 6.16. The molecule has 0 aromatic carbocycles. The van der Waals surface area contributed by atoms with Crippen LogP contribution in [-0.4, -0.2) is 63.7 Å². The minimum atomic E-state index is -1.93. The highest BCUT2D eigenvalue weighted by molar-refractivity contribution is 6.88. The van der Waals surface area contributed by atoms with Gasteiger partial charge >= 0.3 is 0 Å². The van der Waals surface area contributed by atoms with Crippen molar-refractivity contribution in [2.45, 2.75) is 32.6 Å². The van der Waals surface area contributed by atoms with Crippen molar-refractivity contribution < 1.29 is 43.5 Å². The Kier molecular flexibility index (Phi) is 8.22. The summed E-state index contributed by atoms with van der Waals surface area (Å²) in [5.74, 6) is -11.4. The van der Waals surface area contributed by atoms with E-state index in [-0.39, 0.29) is 24.2 Å². The number of aliphatic hydroxyl groups is 1. The first-order valence-electron chi connectivity index (χ1n) is 8.34. The molecule has 0 radical (unpaired) electrons. The molecule has 29 heavy (non-hydrogen) atoms. The van der Waals surface area contributed by atoms with E-state index in [1.807, 2.05) is 0 Å². The van der Waals surface area contributed by atoms with Crippen LogP contribution >= 0.6 is 0 Å². The second kappa shape index (κ2) is 10.1. The number of carbonyl (C=O) groups excluding carboxylic acids is 8. The molecule has 0 saturated heterocycles. The van der Waals surface area contributed by atoms with Crippen molar-refractivity contribution in [2.24, 2.45) is 0 Å². The Morgan fingerprint density at radius 2 is 1.55 bits per heavy atom. The molecule has 152 valence electrons. The summed E-state index contributed by atoms with van der Waals surface area (Å²) in [7, 11) is 0. The number of hydrogen-bond donors (Lipinski definition) is 2. The maximum absolute atomic E-state index is 12.2. The average Bonchev–Trinajstić information content (AvgIpc) is 2.69. The Morgan fingerprint density at radius 3 is 2.10 bits per heavy atom. The third kappa shape index (κ3) is 6.25. The smallest absolute Gasteiger partial charge is 0.280 e. The summed E-state index contributed by atoms with van der Waals surface area (Å²) in [5.41, 5.74) is -0.846. The molecule has 0 heterocycles. The molecule has 0 saturated carbocycles. The lowest BCUT2D eigenvalue weighted by Crippen LogP contribution is -2.37. The van der Waals surface area contributed by atoms with Crippen LogP contribution in [0, 0.1) is 5.41 Å². The van der Waals surface area contributed by atoms with Crippen molar-refractivity contribution >= 4 is 52.0 Å². The van der Waals surface area contributed by atoms with E-state index in [0.29, 0.717) is 12.0 Å². The van der Waals surface area contributed by atoms with E-state index >= 15 is 0 Å². The van der Waals surface area contributed by atoms with Crippen LogP contribution < -0.4 is 0 Å². The van der Waals surface area contributed by atoms with Crippen molar-refractivity contribution in [3.05, 3.63) is 23.3 Å². The Hall–Kier alpha value is -3.53. The SMILES string of the molecule is CC(=O)CC1=CCCC(C(=O)C(=O)C(=O)C(=O)C(=O)CC(=O)C(=N)C(=O)CO)=C1. The Morgan fingerprint density at radius 1 is 0.931 bits per heavy atom. The Labute approximate surface area is 164 Å². The van der Waals surface area contributed by atoms with Gasteiger partial charge in [0, 0.05) is 12.0 Å². The molecule has 0 aromatic heterocycles. The van der Waals surface area contributed by atoms with Gasteiger partial charge in [-0.25, -0.2) is 0 Å². The zero-order valence-corrected chi connectivity index (χ0v) is 15.4. The predicted molar refractivity (Wildman–Crippen MR) is 95.2 cm³/mol. The molecule has 0 aliphatic heterocycles. The number of hydrogen-bond acceptors (Lipinski definition) is 10. The zero-order chi connectivity index (χ0) is 22.3. The van der Waals surface area contributed by atoms with Gasteiger partial charge in [-0.1, -0.05) is 12.2 Å². The fourth-order valence-electron chi connectivity index (χ4n) is 2.39. The minimum absolute atomic E-state index is 0.0248. The van der Waals surface area contributed by atoms with Crippen molar-refractivity contribution in [3.63, 3.8) is 0 Å². The van der Waals surface area contributed by atoms with Crippen molar-refractivity contribution in [3.8, 4) is 0 Å². The van der Waals surface area contributed by atoms with Crippen LogP contribution in [0.1, 0.15) is 32.6 Å². The number of nitrogens with one attached hydrogen (secondary N) is 1. The van der Waals surface area contributed by atoms with Gasteiger partial charge in [0.25, 0.3) is 17.3 Å². The molecule has 10 heteroatoms. The molecule has 1 rings (SSSR count).